The van der Waals surface area contributed by atoms with E-state index in [4.69, 9.17) is 0 Å². The summed E-state index contributed by atoms with van der Waals surface area (Å²) < 4.78 is 4.37. The van der Waals surface area contributed by atoms with Gasteiger partial charge in [0, 0.05) is 13.1 Å². The summed E-state index contributed by atoms with van der Waals surface area (Å²) in [6.07, 6.45) is 2.75. The molecule has 0 aromatic heterocycles. The standard InChI is InChI=1S/C9H16N2O3/c1-14-9(13)10-7-8(12)11-5-3-2-4-6-11/h2-7H2,1H3,(H,10,13). The van der Waals surface area contributed by atoms with Gasteiger partial charge in [0.05, 0.1) is 7.11 Å². The summed E-state index contributed by atoms with van der Waals surface area (Å²) in [5.41, 5.74) is 0. The number of rotatable bonds is 2. The third-order valence-corrected chi connectivity index (χ3v) is 2.28. The first kappa shape index (κ1) is 10.8. The molecule has 0 saturated carbocycles. The lowest BCUT2D eigenvalue weighted by molar-refractivity contribution is -0.131. The maximum absolute atomic E-state index is 11.5. The van der Waals surface area contributed by atoms with Crippen LogP contribution in [-0.4, -0.2) is 43.6 Å². The van der Waals surface area contributed by atoms with E-state index in [9.17, 15) is 9.59 Å². The molecule has 0 atom stereocenters. The Labute approximate surface area is 83.4 Å². The fraction of sp³-hybridized carbons (Fsp3) is 0.778. The van der Waals surface area contributed by atoms with Gasteiger partial charge < -0.3 is 15.0 Å². The van der Waals surface area contributed by atoms with Gasteiger partial charge in [-0.3, -0.25) is 4.79 Å². The molecule has 1 aliphatic heterocycles. The molecule has 1 aliphatic rings. The molecule has 1 saturated heterocycles. The number of alkyl carbamates (subject to hydrolysis) is 1. The zero-order valence-corrected chi connectivity index (χ0v) is 8.41. The Morgan fingerprint density at radius 2 is 1.93 bits per heavy atom. The molecule has 0 aliphatic carbocycles. The highest BCUT2D eigenvalue weighted by Crippen LogP contribution is 2.07. The van der Waals surface area contributed by atoms with Crippen LogP contribution in [-0.2, 0) is 9.53 Å². The topological polar surface area (TPSA) is 58.6 Å². The normalized spacial score (nSPS) is 16.2. The van der Waals surface area contributed by atoms with Gasteiger partial charge in [-0.15, -0.1) is 0 Å². The van der Waals surface area contributed by atoms with Crippen LogP contribution in [0.15, 0.2) is 0 Å². The number of piperidine rings is 1. The largest absolute Gasteiger partial charge is 0.453 e. The second-order valence-electron chi connectivity index (χ2n) is 3.29. The van der Waals surface area contributed by atoms with E-state index in [0.717, 1.165) is 25.9 Å². The first-order chi connectivity index (χ1) is 6.74. The molecule has 0 aromatic carbocycles. The Bertz CT molecular complexity index is 212. The Morgan fingerprint density at radius 3 is 2.50 bits per heavy atom. The third kappa shape index (κ3) is 3.24. The maximum atomic E-state index is 11.5. The van der Waals surface area contributed by atoms with Crippen molar-refractivity contribution in [2.24, 2.45) is 0 Å². The molecule has 0 unspecified atom stereocenters. The molecule has 0 radical (unpaired) electrons. The van der Waals surface area contributed by atoms with Crippen molar-refractivity contribution in [1.29, 1.82) is 0 Å². The minimum atomic E-state index is -0.560. The van der Waals surface area contributed by atoms with Crippen LogP contribution < -0.4 is 5.32 Å². The number of hydrogen-bond donors (Lipinski definition) is 1. The van der Waals surface area contributed by atoms with E-state index in [0.29, 0.717) is 0 Å². The Kier molecular flexibility index (Phi) is 4.22. The van der Waals surface area contributed by atoms with E-state index >= 15 is 0 Å². The van der Waals surface area contributed by atoms with E-state index in [2.05, 4.69) is 10.1 Å². The predicted octanol–water partition coefficient (Wildman–Crippen LogP) is 0.355. The summed E-state index contributed by atoms with van der Waals surface area (Å²) in [4.78, 5) is 23.9. The lowest BCUT2D eigenvalue weighted by Crippen LogP contribution is -2.42. The fourth-order valence-corrected chi connectivity index (χ4v) is 1.48. The number of ether oxygens (including phenoxy) is 1. The number of likely N-dealkylation sites (tertiary alicyclic amines) is 1. The monoisotopic (exact) mass is 200 g/mol. The van der Waals surface area contributed by atoms with Crippen LogP contribution >= 0.6 is 0 Å². The third-order valence-electron chi connectivity index (χ3n) is 2.28. The molecule has 0 spiro atoms. The molecule has 1 heterocycles. The summed E-state index contributed by atoms with van der Waals surface area (Å²) >= 11 is 0. The van der Waals surface area contributed by atoms with Crippen LogP contribution in [0.25, 0.3) is 0 Å². The highest BCUT2D eigenvalue weighted by molar-refractivity contribution is 5.82. The molecular formula is C9H16N2O3. The van der Waals surface area contributed by atoms with Crippen LogP contribution in [0.1, 0.15) is 19.3 Å². The molecule has 5 heteroatoms. The van der Waals surface area contributed by atoms with Crippen molar-refractivity contribution in [3.63, 3.8) is 0 Å². The van der Waals surface area contributed by atoms with Gasteiger partial charge in [0.1, 0.15) is 6.54 Å². The van der Waals surface area contributed by atoms with E-state index < -0.39 is 6.09 Å². The van der Waals surface area contributed by atoms with Crippen molar-refractivity contribution in [3.8, 4) is 0 Å². The maximum Gasteiger partial charge on any atom is 0.407 e. The number of amides is 2. The van der Waals surface area contributed by atoms with Crippen molar-refractivity contribution in [2.45, 2.75) is 19.3 Å². The summed E-state index contributed by atoms with van der Waals surface area (Å²) in [5, 5.41) is 2.38. The smallest absolute Gasteiger partial charge is 0.407 e. The molecule has 1 N–H and O–H groups in total. The summed E-state index contributed by atoms with van der Waals surface area (Å²) in [7, 11) is 1.28. The van der Waals surface area contributed by atoms with Gasteiger partial charge in [0.15, 0.2) is 0 Å². The highest BCUT2D eigenvalue weighted by Gasteiger charge is 2.16. The second kappa shape index (κ2) is 5.47. The molecule has 0 bridgehead atoms. The number of carbonyl (C=O) groups excluding carboxylic acids is 2. The first-order valence-corrected chi connectivity index (χ1v) is 4.83. The Balaban J connectivity index is 2.23. The number of carbonyl (C=O) groups is 2. The van der Waals surface area contributed by atoms with Crippen molar-refractivity contribution >= 4 is 12.0 Å². The van der Waals surface area contributed by atoms with Crippen molar-refractivity contribution in [2.75, 3.05) is 26.7 Å². The number of hydrogen-bond acceptors (Lipinski definition) is 3. The van der Waals surface area contributed by atoms with Crippen molar-refractivity contribution in [1.82, 2.24) is 10.2 Å². The lowest BCUT2D eigenvalue weighted by Gasteiger charge is -2.26. The molecule has 0 aromatic rings. The van der Waals surface area contributed by atoms with Crippen LogP contribution in [0.4, 0.5) is 4.79 Å². The predicted molar refractivity (Wildman–Crippen MR) is 50.8 cm³/mol. The summed E-state index contributed by atoms with van der Waals surface area (Å²) in [6, 6.07) is 0. The minimum absolute atomic E-state index is 0.0323. The molecule has 2 amide bonds. The zero-order valence-electron chi connectivity index (χ0n) is 8.41. The number of methoxy groups -OCH3 is 1. The number of nitrogens with zero attached hydrogens (tertiary/aromatic N) is 1. The molecule has 1 fully saturated rings. The molecule has 14 heavy (non-hydrogen) atoms. The van der Waals surface area contributed by atoms with Gasteiger partial charge in [-0.2, -0.15) is 0 Å². The zero-order chi connectivity index (χ0) is 10.4. The van der Waals surface area contributed by atoms with Crippen LogP contribution in [0.5, 0.6) is 0 Å². The van der Waals surface area contributed by atoms with Crippen LogP contribution in [0.2, 0.25) is 0 Å². The Morgan fingerprint density at radius 1 is 1.29 bits per heavy atom. The fourth-order valence-electron chi connectivity index (χ4n) is 1.48. The summed E-state index contributed by atoms with van der Waals surface area (Å²) in [5.74, 6) is -0.0323. The van der Waals surface area contributed by atoms with Gasteiger partial charge in [-0.25, -0.2) is 4.79 Å². The minimum Gasteiger partial charge on any atom is -0.453 e. The van der Waals surface area contributed by atoms with Crippen molar-refractivity contribution < 1.29 is 14.3 Å². The molecular weight excluding hydrogens is 184 g/mol. The SMILES string of the molecule is COC(=O)NCC(=O)N1CCCCC1. The van der Waals surface area contributed by atoms with Crippen LogP contribution in [0, 0.1) is 0 Å². The van der Waals surface area contributed by atoms with Crippen LogP contribution in [0.3, 0.4) is 0 Å². The lowest BCUT2D eigenvalue weighted by atomic mass is 10.1. The van der Waals surface area contributed by atoms with E-state index in [1.54, 1.807) is 4.90 Å². The van der Waals surface area contributed by atoms with Gasteiger partial charge in [-0.1, -0.05) is 0 Å². The Hall–Kier alpha value is -1.26. The second-order valence-corrected chi connectivity index (χ2v) is 3.29. The molecule has 5 nitrogen and oxygen atoms in total. The summed E-state index contributed by atoms with van der Waals surface area (Å²) in [6.45, 7) is 1.65. The van der Waals surface area contributed by atoms with E-state index in [-0.39, 0.29) is 12.5 Å². The van der Waals surface area contributed by atoms with E-state index in [1.807, 2.05) is 0 Å². The average molecular weight is 200 g/mol. The first-order valence-electron chi connectivity index (χ1n) is 4.83. The van der Waals surface area contributed by atoms with Gasteiger partial charge in [-0.05, 0) is 19.3 Å². The quantitative estimate of drug-likeness (QED) is 0.700. The highest BCUT2D eigenvalue weighted by atomic mass is 16.5. The van der Waals surface area contributed by atoms with Crippen molar-refractivity contribution in [3.05, 3.63) is 0 Å². The average Bonchev–Trinajstić information content (AvgIpc) is 2.26. The van der Waals surface area contributed by atoms with Gasteiger partial charge in [0.2, 0.25) is 5.91 Å². The molecule has 1 rings (SSSR count). The number of nitrogens with one attached hydrogen (secondary N) is 1. The molecule has 80 valence electrons. The van der Waals surface area contributed by atoms with Gasteiger partial charge in [0.25, 0.3) is 0 Å². The van der Waals surface area contributed by atoms with E-state index in [1.165, 1.54) is 13.5 Å². The van der Waals surface area contributed by atoms with Gasteiger partial charge >= 0.3 is 6.09 Å².